The van der Waals surface area contributed by atoms with Crippen LogP contribution in [0.3, 0.4) is 0 Å². The van der Waals surface area contributed by atoms with Crippen molar-refractivity contribution in [2.45, 2.75) is 20.0 Å². The summed E-state index contributed by atoms with van der Waals surface area (Å²) in [4.78, 5) is 0. The molecule has 4 nitrogen and oxygen atoms in total. The van der Waals surface area contributed by atoms with E-state index in [0.29, 0.717) is 4.77 Å². The van der Waals surface area contributed by atoms with Crippen LogP contribution >= 0.6 is 12.2 Å². The number of ether oxygens (including phenoxy) is 1. The van der Waals surface area contributed by atoms with Crippen molar-refractivity contribution in [1.82, 2.24) is 14.8 Å². The van der Waals surface area contributed by atoms with Crippen LogP contribution < -0.4 is 4.74 Å². The Bertz CT molecular complexity index is 573. The van der Waals surface area contributed by atoms with Gasteiger partial charge in [-0.15, -0.1) is 0 Å². The SMILES string of the molecule is Cc1ccccc1O[C@H](C)c1n[nH]c(=S)n1C. The average Bonchev–Trinajstić information content (AvgIpc) is 2.63. The summed E-state index contributed by atoms with van der Waals surface area (Å²) >= 11 is 5.07. The second-order valence-corrected chi connectivity index (χ2v) is 4.36. The molecule has 0 saturated carbocycles. The van der Waals surface area contributed by atoms with E-state index in [9.17, 15) is 0 Å². The molecule has 17 heavy (non-hydrogen) atoms. The standard InChI is InChI=1S/C12H15N3OS/c1-8-6-4-5-7-10(8)16-9(2)11-13-14-12(17)15(11)3/h4-7,9H,1-3H3,(H,14,17)/t9-/m1/s1. The summed E-state index contributed by atoms with van der Waals surface area (Å²) in [5.41, 5.74) is 1.11. The minimum absolute atomic E-state index is 0.144. The molecule has 1 atom stereocenters. The minimum Gasteiger partial charge on any atom is -0.482 e. The number of nitrogens with zero attached hydrogens (tertiary/aromatic N) is 2. The van der Waals surface area contributed by atoms with Gasteiger partial charge in [0.2, 0.25) is 0 Å². The number of rotatable bonds is 3. The molecule has 2 rings (SSSR count). The Balaban J connectivity index is 2.23. The van der Waals surface area contributed by atoms with E-state index in [1.54, 1.807) is 0 Å². The van der Waals surface area contributed by atoms with Gasteiger partial charge < -0.3 is 9.30 Å². The van der Waals surface area contributed by atoms with Gasteiger partial charge in [-0.3, -0.25) is 5.10 Å². The third kappa shape index (κ3) is 2.39. The molecule has 90 valence electrons. The fourth-order valence-corrected chi connectivity index (χ4v) is 1.79. The lowest BCUT2D eigenvalue weighted by molar-refractivity contribution is 0.210. The monoisotopic (exact) mass is 249 g/mol. The van der Waals surface area contributed by atoms with Crippen molar-refractivity contribution in [1.29, 1.82) is 0 Å². The highest BCUT2D eigenvalue weighted by Crippen LogP contribution is 2.23. The van der Waals surface area contributed by atoms with Gasteiger partial charge >= 0.3 is 0 Å². The Hall–Kier alpha value is -1.62. The number of aromatic nitrogens is 3. The molecule has 5 heteroatoms. The molecule has 0 aliphatic heterocycles. The molecule has 2 aromatic rings. The largest absolute Gasteiger partial charge is 0.482 e. The molecule has 0 unspecified atom stereocenters. The van der Waals surface area contributed by atoms with Crippen molar-refractivity contribution in [3.05, 3.63) is 40.4 Å². The van der Waals surface area contributed by atoms with E-state index in [0.717, 1.165) is 17.1 Å². The number of para-hydroxylation sites is 1. The summed E-state index contributed by atoms with van der Waals surface area (Å²) in [5.74, 6) is 1.66. The van der Waals surface area contributed by atoms with Gasteiger partial charge in [0.1, 0.15) is 5.75 Å². The van der Waals surface area contributed by atoms with Crippen LogP contribution in [-0.4, -0.2) is 14.8 Å². The molecular weight excluding hydrogens is 234 g/mol. The van der Waals surface area contributed by atoms with Gasteiger partial charge in [-0.1, -0.05) is 18.2 Å². The summed E-state index contributed by atoms with van der Waals surface area (Å²) in [7, 11) is 1.87. The highest BCUT2D eigenvalue weighted by molar-refractivity contribution is 7.71. The van der Waals surface area contributed by atoms with Gasteiger partial charge in [0.15, 0.2) is 16.7 Å². The molecule has 0 aliphatic carbocycles. The van der Waals surface area contributed by atoms with Crippen LogP contribution in [0.4, 0.5) is 0 Å². The molecule has 0 radical (unpaired) electrons. The van der Waals surface area contributed by atoms with Gasteiger partial charge in [0, 0.05) is 7.05 Å². The van der Waals surface area contributed by atoms with Crippen LogP contribution in [0.5, 0.6) is 5.75 Å². The van der Waals surface area contributed by atoms with Gasteiger partial charge in [0.25, 0.3) is 0 Å². The molecule has 1 aromatic heterocycles. The molecule has 0 aliphatic rings. The first kappa shape index (κ1) is 11.9. The molecule has 0 bridgehead atoms. The highest BCUT2D eigenvalue weighted by atomic mass is 32.1. The van der Waals surface area contributed by atoms with Crippen LogP contribution in [0.2, 0.25) is 0 Å². The minimum atomic E-state index is -0.144. The van der Waals surface area contributed by atoms with Crippen LogP contribution in [0.15, 0.2) is 24.3 Å². The number of aromatic amines is 1. The van der Waals surface area contributed by atoms with Crippen LogP contribution in [0, 0.1) is 11.7 Å². The second-order valence-electron chi connectivity index (χ2n) is 3.97. The number of hydrogen-bond acceptors (Lipinski definition) is 3. The lowest BCUT2D eigenvalue weighted by atomic mass is 10.2. The number of hydrogen-bond donors (Lipinski definition) is 1. The maximum Gasteiger partial charge on any atom is 0.195 e. The Morgan fingerprint density at radius 1 is 1.41 bits per heavy atom. The lowest BCUT2D eigenvalue weighted by Crippen LogP contribution is -2.10. The molecule has 1 heterocycles. The first-order valence-electron chi connectivity index (χ1n) is 5.43. The number of H-pyrrole nitrogens is 1. The Morgan fingerprint density at radius 3 is 2.71 bits per heavy atom. The molecule has 1 N–H and O–H groups in total. The van der Waals surface area contributed by atoms with E-state index in [2.05, 4.69) is 10.2 Å². The molecule has 0 saturated heterocycles. The van der Waals surface area contributed by atoms with E-state index < -0.39 is 0 Å². The fourth-order valence-electron chi connectivity index (χ4n) is 1.65. The van der Waals surface area contributed by atoms with E-state index in [1.807, 2.05) is 49.7 Å². The quantitative estimate of drug-likeness (QED) is 0.850. The van der Waals surface area contributed by atoms with E-state index in [4.69, 9.17) is 17.0 Å². The summed E-state index contributed by atoms with van der Waals surface area (Å²) in [5, 5.41) is 6.92. The zero-order valence-corrected chi connectivity index (χ0v) is 10.9. The Kier molecular flexibility index (Phi) is 3.28. The number of aryl methyl sites for hydroxylation is 1. The van der Waals surface area contributed by atoms with Gasteiger partial charge in [-0.2, -0.15) is 5.10 Å². The van der Waals surface area contributed by atoms with Gasteiger partial charge in [-0.05, 0) is 37.7 Å². The highest BCUT2D eigenvalue weighted by Gasteiger charge is 2.14. The van der Waals surface area contributed by atoms with Crippen LogP contribution in [0.25, 0.3) is 0 Å². The predicted molar refractivity (Wildman–Crippen MR) is 68.6 cm³/mol. The van der Waals surface area contributed by atoms with Crippen molar-refractivity contribution in [3.8, 4) is 5.75 Å². The third-order valence-electron chi connectivity index (χ3n) is 2.68. The van der Waals surface area contributed by atoms with Gasteiger partial charge in [-0.25, -0.2) is 0 Å². The Labute approximate surface area is 105 Å². The van der Waals surface area contributed by atoms with Crippen molar-refractivity contribution in [2.24, 2.45) is 7.05 Å². The third-order valence-corrected chi connectivity index (χ3v) is 3.04. The van der Waals surface area contributed by atoms with Crippen molar-refractivity contribution >= 4 is 12.2 Å². The number of nitrogens with one attached hydrogen (secondary N) is 1. The topological polar surface area (TPSA) is 42.8 Å². The van der Waals surface area contributed by atoms with Crippen molar-refractivity contribution in [2.75, 3.05) is 0 Å². The summed E-state index contributed by atoms with van der Waals surface area (Å²) in [6.07, 6.45) is -0.144. The van der Waals surface area contributed by atoms with Gasteiger partial charge in [0.05, 0.1) is 0 Å². The van der Waals surface area contributed by atoms with E-state index in [-0.39, 0.29) is 6.10 Å². The Morgan fingerprint density at radius 2 is 2.12 bits per heavy atom. The lowest BCUT2D eigenvalue weighted by Gasteiger charge is -2.15. The first-order chi connectivity index (χ1) is 8.09. The average molecular weight is 249 g/mol. The smallest absolute Gasteiger partial charge is 0.195 e. The predicted octanol–water partition coefficient (Wildman–Crippen LogP) is 2.93. The number of benzene rings is 1. The van der Waals surface area contributed by atoms with Crippen LogP contribution in [0.1, 0.15) is 24.4 Å². The maximum atomic E-state index is 5.88. The summed E-state index contributed by atoms with van der Waals surface area (Å²) in [6.45, 7) is 3.97. The van der Waals surface area contributed by atoms with Crippen molar-refractivity contribution in [3.63, 3.8) is 0 Å². The first-order valence-corrected chi connectivity index (χ1v) is 5.84. The molecule has 0 spiro atoms. The zero-order valence-electron chi connectivity index (χ0n) is 10.1. The maximum absolute atomic E-state index is 5.88. The molecular formula is C12H15N3OS. The normalized spacial score (nSPS) is 12.4. The van der Waals surface area contributed by atoms with Crippen LogP contribution in [-0.2, 0) is 7.05 Å². The molecule has 0 fully saturated rings. The van der Waals surface area contributed by atoms with Crippen molar-refractivity contribution < 1.29 is 4.74 Å². The second kappa shape index (κ2) is 4.71. The fraction of sp³-hybridized carbons (Fsp3) is 0.333. The summed E-state index contributed by atoms with van der Waals surface area (Å²) < 4.78 is 8.29. The van der Waals surface area contributed by atoms with E-state index in [1.165, 1.54) is 0 Å². The molecule has 1 aromatic carbocycles. The molecule has 0 amide bonds. The summed E-state index contributed by atoms with van der Waals surface area (Å²) in [6, 6.07) is 7.92. The zero-order chi connectivity index (χ0) is 12.4. The van der Waals surface area contributed by atoms with E-state index >= 15 is 0 Å².